The van der Waals surface area contributed by atoms with E-state index >= 15 is 0 Å². The molecule has 0 saturated carbocycles. The van der Waals surface area contributed by atoms with Gasteiger partial charge >= 0.3 is 0 Å². The largest absolute Gasteiger partial charge is 0.0831 e. The number of fused-ring (bicyclic) bond motifs is 1. The molecule has 2 atom stereocenters. The highest BCUT2D eigenvalue weighted by Crippen LogP contribution is 2.42. The highest BCUT2D eigenvalue weighted by molar-refractivity contribution is 6.44. The molecule has 0 N–H and O–H groups in total. The fourth-order valence-corrected chi connectivity index (χ4v) is 3.58. The standard InChI is InChI=1S/C16H16Cl2/c17-15-9-8-12(10-16(15)18)14-7-3-5-11-4-1-2-6-13(11)14/h1-2,4,6,9-10,12,14H,3,5,7-8H2/t12?,14-/m0/s1. The highest BCUT2D eigenvalue weighted by Gasteiger charge is 2.27. The Morgan fingerprint density at radius 2 is 1.89 bits per heavy atom. The molecule has 94 valence electrons. The molecule has 2 aliphatic rings. The summed E-state index contributed by atoms with van der Waals surface area (Å²) in [6.45, 7) is 0. The molecule has 0 amide bonds. The van der Waals surface area contributed by atoms with E-state index in [1.165, 1.54) is 30.4 Å². The summed E-state index contributed by atoms with van der Waals surface area (Å²) in [6, 6.07) is 8.83. The van der Waals surface area contributed by atoms with Gasteiger partial charge < -0.3 is 0 Å². The van der Waals surface area contributed by atoms with E-state index in [1.807, 2.05) is 0 Å². The average molecular weight is 279 g/mol. The van der Waals surface area contributed by atoms with Gasteiger partial charge in [0.25, 0.3) is 0 Å². The van der Waals surface area contributed by atoms with Crippen LogP contribution in [0.3, 0.4) is 0 Å². The van der Waals surface area contributed by atoms with Gasteiger partial charge in [-0.05, 0) is 48.6 Å². The molecule has 2 aliphatic carbocycles. The lowest BCUT2D eigenvalue weighted by Gasteiger charge is -2.32. The lowest BCUT2D eigenvalue weighted by Crippen LogP contribution is -2.18. The quantitative estimate of drug-likeness (QED) is 0.648. The summed E-state index contributed by atoms with van der Waals surface area (Å²) in [5.41, 5.74) is 3.03. The summed E-state index contributed by atoms with van der Waals surface area (Å²) < 4.78 is 0. The first-order valence-corrected chi connectivity index (χ1v) is 7.32. The molecular weight excluding hydrogens is 263 g/mol. The van der Waals surface area contributed by atoms with Crippen molar-refractivity contribution in [1.82, 2.24) is 0 Å². The van der Waals surface area contributed by atoms with Gasteiger partial charge in [0.15, 0.2) is 0 Å². The Bertz CT molecular complexity index is 514. The minimum absolute atomic E-state index is 0.501. The smallest absolute Gasteiger partial charge is 0.0552 e. The summed E-state index contributed by atoms with van der Waals surface area (Å²) >= 11 is 12.2. The SMILES string of the molecule is ClC1=CCC([C@@H]2CCCc3ccccc32)C=C1Cl. The second-order valence-corrected chi connectivity index (χ2v) is 5.98. The average Bonchev–Trinajstić information content (AvgIpc) is 2.41. The molecule has 0 saturated heterocycles. The second kappa shape index (κ2) is 5.11. The Balaban J connectivity index is 1.91. The van der Waals surface area contributed by atoms with Crippen LogP contribution in [0.5, 0.6) is 0 Å². The molecule has 0 bridgehead atoms. The fourth-order valence-electron chi connectivity index (χ4n) is 3.19. The van der Waals surface area contributed by atoms with Crippen LogP contribution in [-0.4, -0.2) is 0 Å². The molecule has 18 heavy (non-hydrogen) atoms. The maximum atomic E-state index is 6.17. The lowest BCUT2D eigenvalue weighted by molar-refractivity contribution is 0.441. The summed E-state index contributed by atoms with van der Waals surface area (Å²) in [6.07, 6.45) is 8.97. The van der Waals surface area contributed by atoms with E-state index in [4.69, 9.17) is 23.2 Å². The van der Waals surface area contributed by atoms with E-state index in [0.717, 1.165) is 11.5 Å². The number of hydrogen-bond acceptors (Lipinski definition) is 0. The monoisotopic (exact) mass is 278 g/mol. The van der Waals surface area contributed by atoms with Crippen molar-refractivity contribution in [1.29, 1.82) is 0 Å². The number of benzene rings is 1. The molecule has 2 heteroatoms. The molecule has 1 aromatic rings. The fraction of sp³-hybridized carbons (Fsp3) is 0.375. The predicted molar refractivity (Wildman–Crippen MR) is 78.1 cm³/mol. The molecule has 0 fully saturated rings. The van der Waals surface area contributed by atoms with Gasteiger partial charge in [-0.3, -0.25) is 0 Å². The third-order valence-electron chi connectivity index (χ3n) is 4.09. The maximum absolute atomic E-state index is 6.17. The van der Waals surface area contributed by atoms with Gasteiger partial charge in [-0.15, -0.1) is 0 Å². The van der Waals surface area contributed by atoms with Crippen LogP contribution in [0.15, 0.2) is 46.5 Å². The van der Waals surface area contributed by atoms with Crippen LogP contribution < -0.4 is 0 Å². The van der Waals surface area contributed by atoms with Gasteiger partial charge in [0.1, 0.15) is 0 Å². The van der Waals surface area contributed by atoms with Crippen molar-refractivity contribution in [2.45, 2.75) is 31.6 Å². The predicted octanol–water partition coefficient (Wildman–Crippen LogP) is 5.37. The minimum atomic E-state index is 0.501. The first kappa shape index (κ1) is 12.3. The first-order valence-electron chi connectivity index (χ1n) is 6.57. The van der Waals surface area contributed by atoms with Gasteiger partial charge in [0.2, 0.25) is 0 Å². The van der Waals surface area contributed by atoms with Crippen LogP contribution in [0.25, 0.3) is 0 Å². The van der Waals surface area contributed by atoms with Crippen molar-refractivity contribution >= 4 is 23.2 Å². The van der Waals surface area contributed by atoms with Gasteiger partial charge in [-0.25, -0.2) is 0 Å². The van der Waals surface area contributed by atoms with E-state index in [9.17, 15) is 0 Å². The molecule has 0 nitrogen and oxygen atoms in total. The van der Waals surface area contributed by atoms with Crippen LogP contribution in [-0.2, 0) is 6.42 Å². The molecule has 0 aromatic heterocycles. The molecular formula is C16H16Cl2. The Kier molecular flexibility index (Phi) is 3.50. The van der Waals surface area contributed by atoms with E-state index < -0.39 is 0 Å². The summed E-state index contributed by atoms with van der Waals surface area (Å²) in [5, 5.41) is 1.42. The van der Waals surface area contributed by atoms with Gasteiger partial charge in [-0.2, -0.15) is 0 Å². The van der Waals surface area contributed by atoms with E-state index in [1.54, 1.807) is 0 Å². The summed E-state index contributed by atoms with van der Waals surface area (Å²) in [5.74, 6) is 1.10. The zero-order chi connectivity index (χ0) is 12.5. The molecule has 1 aromatic carbocycles. The van der Waals surface area contributed by atoms with Crippen molar-refractivity contribution in [2.24, 2.45) is 5.92 Å². The van der Waals surface area contributed by atoms with E-state index in [0.29, 0.717) is 16.9 Å². The number of aryl methyl sites for hydroxylation is 1. The van der Waals surface area contributed by atoms with Crippen molar-refractivity contribution in [3.05, 3.63) is 57.6 Å². The zero-order valence-corrected chi connectivity index (χ0v) is 11.7. The van der Waals surface area contributed by atoms with Crippen molar-refractivity contribution < 1.29 is 0 Å². The first-order chi connectivity index (χ1) is 8.75. The number of hydrogen-bond donors (Lipinski definition) is 0. The van der Waals surface area contributed by atoms with Crippen molar-refractivity contribution in [2.75, 3.05) is 0 Å². The Hall–Kier alpha value is -0.720. The van der Waals surface area contributed by atoms with Crippen LogP contribution in [0, 0.1) is 5.92 Å². The Labute approximate surface area is 118 Å². The van der Waals surface area contributed by atoms with E-state index in [2.05, 4.69) is 36.4 Å². The molecule has 0 spiro atoms. The second-order valence-electron chi connectivity index (χ2n) is 5.16. The number of rotatable bonds is 1. The van der Waals surface area contributed by atoms with Gasteiger partial charge in [0.05, 0.1) is 10.1 Å². The zero-order valence-electron chi connectivity index (χ0n) is 10.2. The molecule has 0 radical (unpaired) electrons. The van der Waals surface area contributed by atoms with E-state index in [-0.39, 0.29) is 0 Å². The van der Waals surface area contributed by atoms with Crippen LogP contribution in [0.1, 0.15) is 36.3 Å². The van der Waals surface area contributed by atoms with Gasteiger partial charge in [-0.1, -0.05) is 59.6 Å². The summed E-state index contributed by atoms with van der Waals surface area (Å²) in [7, 11) is 0. The topological polar surface area (TPSA) is 0 Å². The Morgan fingerprint density at radius 1 is 1.06 bits per heavy atom. The van der Waals surface area contributed by atoms with Crippen molar-refractivity contribution in [3.63, 3.8) is 0 Å². The van der Waals surface area contributed by atoms with Crippen LogP contribution in [0.2, 0.25) is 0 Å². The van der Waals surface area contributed by atoms with Crippen LogP contribution in [0.4, 0.5) is 0 Å². The molecule has 1 unspecified atom stereocenters. The highest BCUT2D eigenvalue weighted by atomic mass is 35.5. The molecule has 0 aliphatic heterocycles. The lowest BCUT2D eigenvalue weighted by atomic mass is 9.74. The van der Waals surface area contributed by atoms with Gasteiger partial charge in [0, 0.05) is 0 Å². The molecule has 0 heterocycles. The number of halogens is 2. The minimum Gasteiger partial charge on any atom is -0.0831 e. The normalized spacial score (nSPS) is 27.2. The molecule has 3 rings (SSSR count). The summed E-state index contributed by atoms with van der Waals surface area (Å²) in [4.78, 5) is 0. The Morgan fingerprint density at radius 3 is 2.72 bits per heavy atom. The number of allylic oxidation sites excluding steroid dienone is 4. The third kappa shape index (κ3) is 2.24. The van der Waals surface area contributed by atoms with Crippen LogP contribution >= 0.6 is 23.2 Å². The maximum Gasteiger partial charge on any atom is 0.0552 e. The third-order valence-corrected chi connectivity index (χ3v) is 4.87. The van der Waals surface area contributed by atoms with Crippen molar-refractivity contribution in [3.8, 4) is 0 Å².